The zero-order chi connectivity index (χ0) is 20.1. The van der Waals surface area contributed by atoms with Gasteiger partial charge in [-0.3, -0.25) is 14.9 Å². The van der Waals surface area contributed by atoms with Gasteiger partial charge in [0.1, 0.15) is 28.9 Å². The number of ketones is 1. The van der Waals surface area contributed by atoms with Crippen molar-refractivity contribution in [2.24, 2.45) is 0 Å². The molecule has 3 rings (SSSR count). The minimum Gasteiger partial charge on any atom is -0.484 e. The van der Waals surface area contributed by atoms with Crippen molar-refractivity contribution in [1.82, 2.24) is 0 Å². The maximum Gasteiger partial charge on any atom is 0.280 e. The van der Waals surface area contributed by atoms with Crippen LogP contribution >= 0.6 is 23.2 Å². The summed E-state index contributed by atoms with van der Waals surface area (Å²) in [7, 11) is 0. The lowest BCUT2D eigenvalue weighted by molar-refractivity contribution is -0.385. The van der Waals surface area contributed by atoms with E-state index in [9.17, 15) is 14.9 Å². The Kier molecular flexibility index (Phi) is 6.13. The van der Waals surface area contributed by atoms with Gasteiger partial charge in [0.05, 0.1) is 15.5 Å². The Labute approximate surface area is 170 Å². The summed E-state index contributed by atoms with van der Waals surface area (Å²) >= 11 is 12.0. The number of nitrogens with zero attached hydrogens (tertiary/aromatic N) is 1. The van der Waals surface area contributed by atoms with Crippen LogP contribution in [0.25, 0.3) is 6.08 Å². The second-order valence-electron chi connectivity index (χ2n) is 5.62. The monoisotopic (exact) mass is 417 g/mol. The summed E-state index contributed by atoms with van der Waals surface area (Å²) in [5.74, 6) is 0.845. The number of hydrogen-bond donors (Lipinski definition) is 0. The van der Waals surface area contributed by atoms with E-state index in [1.54, 1.807) is 36.4 Å². The predicted molar refractivity (Wildman–Crippen MR) is 106 cm³/mol. The molecule has 6 nitrogen and oxygen atoms in total. The molecular weight excluding hydrogens is 405 g/mol. The van der Waals surface area contributed by atoms with E-state index in [0.29, 0.717) is 27.3 Å². The Morgan fingerprint density at radius 2 is 1.89 bits per heavy atom. The average Bonchev–Trinajstić information content (AvgIpc) is 3.15. The second kappa shape index (κ2) is 8.73. The van der Waals surface area contributed by atoms with E-state index < -0.39 is 10.7 Å². The largest absolute Gasteiger partial charge is 0.484 e. The van der Waals surface area contributed by atoms with Crippen molar-refractivity contribution in [2.75, 3.05) is 0 Å². The number of nitro groups is 1. The normalized spacial score (nSPS) is 10.9. The van der Waals surface area contributed by atoms with E-state index in [2.05, 4.69) is 0 Å². The second-order valence-corrected chi connectivity index (χ2v) is 6.40. The third kappa shape index (κ3) is 4.60. The smallest absolute Gasteiger partial charge is 0.280 e. The standard InChI is InChI=1S/C20H13Cl2NO5/c21-16-5-3-7-19(20(16)22)27-12-14-9-8-13(28-14)10-11-18(24)15-4-1-2-6-17(15)23(25)26/h1-11H,12H2/b11-10+. The molecule has 0 amide bonds. The molecule has 0 bridgehead atoms. The summed E-state index contributed by atoms with van der Waals surface area (Å²) < 4.78 is 11.1. The third-order valence-electron chi connectivity index (χ3n) is 3.73. The van der Waals surface area contributed by atoms with Crippen LogP contribution in [0.2, 0.25) is 10.0 Å². The van der Waals surface area contributed by atoms with Crippen LogP contribution in [0.1, 0.15) is 21.9 Å². The van der Waals surface area contributed by atoms with Crippen LogP contribution < -0.4 is 4.74 Å². The highest BCUT2D eigenvalue weighted by Crippen LogP contribution is 2.32. The van der Waals surface area contributed by atoms with E-state index in [0.717, 1.165) is 0 Å². The number of allylic oxidation sites excluding steroid dienone is 1. The molecule has 0 N–H and O–H groups in total. The number of hydrogen-bond acceptors (Lipinski definition) is 5. The molecule has 2 aromatic carbocycles. The van der Waals surface area contributed by atoms with Gasteiger partial charge in [0.15, 0.2) is 5.78 Å². The van der Waals surface area contributed by atoms with E-state index in [1.807, 2.05) is 0 Å². The Bertz CT molecular complexity index is 1060. The molecule has 0 spiro atoms. The number of nitro benzene ring substituents is 1. The zero-order valence-corrected chi connectivity index (χ0v) is 15.8. The molecule has 142 valence electrons. The van der Waals surface area contributed by atoms with Crippen LogP contribution in [0.4, 0.5) is 5.69 Å². The Morgan fingerprint density at radius 3 is 2.68 bits per heavy atom. The zero-order valence-electron chi connectivity index (χ0n) is 14.3. The van der Waals surface area contributed by atoms with Crippen molar-refractivity contribution in [3.05, 3.63) is 97.9 Å². The molecule has 1 aromatic heterocycles. The van der Waals surface area contributed by atoms with Gasteiger partial charge in [0.25, 0.3) is 5.69 Å². The molecule has 0 saturated carbocycles. The molecule has 0 radical (unpaired) electrons. The Morgan fingerprint density at radius 1 is 1.11 bits per heavy atom. The minimum absolute atomic E-state index is 0.00876. The number of benzene rings is 2. The molecule has 0 aliphatic carbocycles. The van der Waals surface area contributed by atoms with Crippen molar-refractivity contribution in [3.63, 3.8) is 0 Å². The fourth-order valence-electron chi connectivity index (χ4n) is 2.39. The van der Waals surface area contributed by atoms with Crippen molar-refractivity contribution < 1.29 is 18.9 Å². The first-order valence-corrected chi connectivity index (χ1v) is 8.82. The van der Waals surface area contributed by atoms with Gasteiger partial charge in [-0.15, -0.1) is 0 Å². The topological polar surface area (TPSA) is 82.6 Å². The average molecular weight is 418 g/mol. The highest BCUT2D eigenvalue weighted by molar-refractivity contribution is 6.42. The molecule has 0 aliphatic rings. The van der Waals surface area contributed by atoms with Crippen molar-refractivity contribution in [2.45, 2.75) is 6.61 Å². The predicted octanol–water partition coefficient (Wildman–Crippen LogP) is 5.97. The van der Waals surface area contributed by atoms with E-state index >= 15 is 0 Å². The highest BCUT2D eigenvalue weighted by Gasteiger charge is 2.17. The Balaban J connectivity index is 1.67. The molecule has 0 fully saturated rings. The van der Waals surface area contributed by atoms with Gasteiger partial charge in [-0.1, -0.05) is 41.4 Å². The van der Waals surface area contributed by atoms with E-state index in [1.165, 1.54) is 30.4 Å². The van der Waals surface area contributed by atoms with Gasteiger partial charge >= 0.3 is 0 Å². The van der Waals surface area contributed by atoms with Gasteiger partial charge < -0.3 is 9.15 Å². The number of furan rings is 1. The summed E-state index contributed by atoms with van der Waals surface area (Å²) in [4.78, 5) is 22.7. The lowest BCUT2D eigenvalue weighted by atomic mass is 10.1. The van der Waals surface area contributed by atoms with Gasteiger partial charge in [-0.2, -0.15) is 0 Å². The summed E-state index contributed by atoms with van der Waals surface area (Å²) in [6.45, 7) is 0.117. The summed E-state index contributed by atoms with van der Waals surface area (Å²) in [6.07, 6.45) is 2.66. The first kappa shape index (κ1) is 19.7. The van der Waals surface area contributed by atoms with Crippen LogP contribution in [0.3, 0.4) is 0 Å². The maximum atomic E-state index is 12.2. The fraction of sp³-hybridized carbons (Fsp3) is 0.0500. The fourth-order valence-corrected chi connectivity index (χ4v) is 2.74. The summed E-state index contributed by atoms with van der Waals surface area (Å²) in [5.41, 5.74) is -0.237. The van der Waals surface area contributed by atoms with Crippen molar-refractivity contribution >= 4 is 40.7 Å². The van der Waals surface area contributed by atoms with Gasteiger partial charge in [-0.25, -0.2) is 0 Å². The number of para-hydroxylation sites is 1. The van der Waals surface area contributed by atoms with E-state index in [4.69, 9.17) is 32.4 Å². The minimum atomic E-state index is -0.593. The van der Waals surface area contributed by atoms with Gasteiger partial charge in [0, 0.05) is 6.07 Å². The molecule has 3 aromatic rings. The third-order valence-corrected chi connectivity index (χ3v) is 4.54. The lowest BCUT2D eigenvalue weighted by Crippen LogP contribution is -2.00. The molecule has 28 heavy (non-hydrogen) atoms. The van der Waals surface area contributed by atoms with Gasteiger partial charge in [-0.05, 0) is 42.5 Å². The number of rotatable bonds is 7. The van der Waals surface area contributed by atoms with Crippen LogP contribution in [0, 0.1) is 10.1 Å². The number of halogens is 2. The molecule has 0 atom stereocenters. The van der Waals surface area contributed by atoms with Crippen molar-refractivity contribution in [3.8, 4) is 5.75 Å². The highest BCUT2D eigenvalue weighted by atomic mass is 35.5. The molecule has 0 saturated heterocycles. The Hall–Kier alpha value is -3.09. The van der Waals surface area contributed by atoms with E-state index in [-0.39, 0.29) is 17.9 Å². The van der Waals surface area contributed by atoms with Crippen molar-refractivity contribution in [1.29, 1.82) is 0 Å². The maximum absolute atomic E-state index is 12.2. The summed E-state index contributed by atoms with van der Waals surface area (Å²) in [5, 5.41) is 11.7. The van der Waals surface area contributed by atoms with Gasteiger partial charge in [0.2, 0.25) is 0 Å². The molecule has 8 heteroatoms. The number of ether oxygens (including phenoxy) is 1. The first-order valence-electron chi connectivity index (χ1n) is 8.07. The lowest BCUT2D eigenvalue weighted by Gasteiger charge is -2.06. The van der Waals surface area contributed by atoms with Crippen LogP contribution in [0.15, 0.2) is 65.1 Å². The first-order chi connectivity index (χ1) is 13.5. The molecule has 0 aliphatic heterocycles. The molecular formula is C20H13Cl2NO5. The SMILES string of the molecule is O=C(/C=C/c1ccc(COc2cccc(Cl)c2Cl)o1)c1ccccc1[N+](=O)[O-]. The van der Waals surface area contributed by atoms with Crippen LogP contribution in [-0.2, 0) is 6.61 Å². The quantitative estimate of drug-likeness (QED) is 0.204. The van der Waals surface area contributed by atoms with Crippen LogP contribution in [0.5, 0.6) is 5.75 Å². The number of carbonyl (C=O) groups is 1. The summed E-state index contributed by atoms with van der Waals surface area (Å²) in [6, 6.07) is 14.2. The molecule has 1 heterocycles. The molecule has 0 unspecified atom stereocenters. The number of carbonyl (C=O) groups excluding carboxylic acids is 1. The van der Waals surface area contributed by atoms with Crippen LogP contribution in [-0.4, -0.2) is 10.7 Å².